The molecule has 0 saturated carbocycles. The molecule has 0 unspecified atom stereocenters. The van der Waals surface area contributed by atoms with Crippen LogP contribution in [-0.2, 0) is 9.84 Å². The summed E-state index contributed by atoms with van der Waals surface area (Å²) in [6.45, 7) is 0.704. The molecule has 0 spiro atoms. The average molecular weight is 369 g/mol. The second kappa shape index (κ2) is 8.09. The Hall–Kier alpha value is -2.16. The first kappa shape index (κ1) is 18.2. The normalized spacial score (nSPS) is 17.7. The van der Waals surface area contributed by atoms with E-state index in [1.165, 1.54) is 12.3 Å². The molecule has 0 radical (unpaired) electrons. The predicted octanol–water partition coefficient (Wildman–Crippen LogP) is 1.18. The minimum atomic E-state index is -3.01. The molecule has 1 aromatic rings. The van der Waals surface area contributed by atoms with E-state index in [-0.39, 0.29) is 31.1 Å². The van der Waals surface area contributed by atoms with Gasteiger partial charge in [0.15, 0.2) is 9.84 Å². The molecule has 0 amide bonds. The van der Waals surface area contributed by atoms with Gasteiger partial charge in [-0.1, -0.05) is 0 Å². The van der Waals surface area contributed by atoms with Crippen LogP contribution in [0.15, 0.2) is 33.3 Å². The van der Waals surface area contributed by atoms with E-state index in [2.05, 4.69) is 32.5 Å². The predicted molar refractivity (Wildman–Crippen MR) is 96.9 cm³/mol. The van der Waals surface area contributed by atoms with Gasteiger partial charge in [0.1, 0.15) is 11.5 Å². The minimum absolute atomic E-state index is 0.0308. The number of hydrogen-bond donors (Lipinski definition) is 1. The molecule has 7 nitrogen and oxygen atoms in total. The summed E-state index contributed by atoms with van der Waals surface area (Å²) in [6, 6.07) is 4.48. The highest BCUT2D eigenvalue weighted by Gasteiger charge is 2.23. The van der Waals surface area contributed by atoms with E-state index in [0.717, 1.165) is 0 Å². The summed E-state index contributed by atoms with van der Waals surface area (Å²) in [5.74, 6) is 4.79. The lowest BCUT2D eigenvalue weighted by Crippen LogP contribution is -2.40. The third-order valence-electron chi connectivity index (χ3n) is 3.45. The van der Waals surface area contributed by atoms with Crippen LogP contribution >= 0.6 is 12.2 Å². The fourth-order valence-corrected chi connectivity index (χ4v) is 3.43. The quantitative estimate of drug-likeness (QED) is 0.364. The van der Waals surface area contributed by atoms with Gasteiger partial charge in [-0.25, -0.2) is 17.8 Å². The highest BCUT2D eigenvalue weighted by molar-refractivity contribution is 7.91. The van der Waals surface area contributed by atoms with E-state index in [0.29, 0.717) is 17.1 Å². The first-order valence-corrected chi connectivity index (χ1v) is 9.27. The van der Waals surface area contributed by atoms with Crippen molar-refractivity contribution in [2.24, 2.45) is 20.9 Å². The molecule has 1 aliphatic heterocycles. The SMILES string of the molecule is NN=C(C=Nc1ccc(N2CCS(=O)(=O)CC2)c(F)c1)CN=C=S. The van der Waals surface area contributed by atoms with Gasteiger partial charge in [0.05, 0.1) is 40.8 Å². The van der Waals surface area contributed by atoms with E-state index < -0.39 is 15.7 Å². The van der Waals surface area contributed by atoms with Gasteiger partial charge >= 0.3 is 0 Å². The van der Waals surface area contributed by atoms with Crippen molar-refractivity contribution in [1.29, 1.82) is 0 Å². The van der Waals surface area contributed by atoms with Crippen molar-refractivity contribution < 1.29 is 12.8 Å². The zero-order valence-corrected chi connectivity index (χ0v) is 14.4. The Morgan fingerprint density at radius 3 is 2.71 bits per heavy atom. The van der Waals surface area contributed by atoms with Gasteiger partial charge < -0.3 is 10.7 Å². The summed E-state index contributed by atoms with van der Waals surface area (Å²) in [6.07, 6.45) is 1.37. The number of nitrogens with two attached hydrogens (primary N) is 1. The monoisotopic (exact) mass is 369 g/mol. The lowest BCUT2D eigenvalue weighted by Gasteiger charge is -2.29. The summed E-state index contributed by atoms with van der Waals surface area (Å²) in [5, 5.41) is 5.69. The molecule has 10 heteroatoms. The van der Waals surface area contributed by atoms with Gasteiger partial charge in [-0.3, -0.25) is 4.99 Å². The number of rotatable bonds is 5. The molecule has 0 bridgehead atoms. The van der Waals surface area contributed by atoms with Gasteiger partial charge in [-0.15, -0.1) is 0 Å². The lowest BCUT2D eigenvalue weighted by atomic mass is 10.2. The fourth-order valence-electron chi connectivity index (χ4n) is 2.16. The Labute approximate surface area is 144 Å². The summed E-state index contributed by atoms with van der Waals surface area (Å²) in [5.41, 5.74) is 1.12. The first-order valence-electron chi connectivity index (χ1n) is 7.04. The van der Waals surface area contributed by atoms with Crippen molar-refractivity contribution in [2.45, 2.75) is 0 Å². The number of sulfone groups is 1. The van der Waals surface area contributed by atoms with Crippen molar-refractivity contribution in [3.8, 4) is 0 Å². The van der Waals surface area contributed by atoms with E-state index in [1.807, 2.05) is 0 Å². The maximum atomic E-state index is 14.3. The number of isothiocyanates is 1. The Balaban J connectivity index is 2.11. The smallest absolute Gasteiger partial charge is 0.153 e. The molecule has 1 saturated heterocycles. The molecule has 0 aliphatic carbocycles. The minimum Gasteiger partial charge on any atom is -0.367 e. The molecular weight excluding hydrogens is 353 g/mol. The third-order valence-corrected chi connectivity index (χ3v) is 5.19. The number of benzene rings is 1. The summed E-state index contributed by atoms with van der Waals surface area (Å²) in [7, 11) is -3.01. The Kier molecular flexibility index (Phi) is 6.13. The standard InChI is InChI=1S/C14H16FN5O2S2/c15-13-7-11(18-9-12(19-16)8-17-10-23)1-2-14(13)20-3-5-24(21,22)6-4-20/h1-2,7,9H,3-6,8,16H2. The fraction of sp³-hybridized carbons (Fsp3) is 0.357. The number of nitrogens with zero attached hydrogens (tertiary/aromatic N) is 4. The Bertz CT molecular complexity index is 802. The van der Waals surface area contributed by atoms with Gasteiger partial charge in [-0.2, -0.15) is 5.10 Å². The topological polar surface area (TPSA) is 100 Å². The van der Waals surface area contributed by atoms with Crippen LogP contribution in [0.1, 0.15) is 0 Å². The van der Waals surface area contributed by atoms with Crippen molar-refractivity contribution in [1.82, 2.24) is 0 Å². The van der Waals surface area contributed by atoms with Crippen LogP contribution in [0.25, 0.3) is 0 Å². The molecule has 1 fully saturated rings. The van der Waals surface area contributed by atoms with Crippen LogP contribution in [0.5, 0.6) is 0 Å². The van der Waals surface area contributed by atoms with Crippen LogP contribution < -0.4 is 10.7 Å². The number of hydrazone groups is 1. The zero-order chi connectivity index (χ0) is 17.6. The van der Waals surface area contributed by atoms with Crippen molar-refractivity contribution in [2.75, 3.05) is 36.0 Å². The van der Waals surface area contributed by atoms with Crippen LogP contribution in [-0.4, -0.2) is 56.6 Å². The third kappa shape index (κ3) is 4.92. The van der Waals surface area contributed by atoms with Gasteiger partial charge in [0.2, 0.25) is 0 Å². The molecular formula is C14H16FN5O2S2. The Morgan fingerprint density at radius 2 is 2.12 bits per heavy atom. The maximum Gasteiger partial charge on any atom is 0.153 e. The van der Waals surface area contributed by atoms with Gasteiger partial charge in [-0.05, 0) is 24.4 Å². The van der Waals surface area contributed by atoms with Crippen molar-refractivity contribution in [3.05, 3.63) is 24.0 Å². The highest BCUT2D eigenvalue weighted by atomic mass is 32.2. The molecule has 0 atom stereocenters. The van der Waals surface area contributed by atoms with Gasteiger partial charge in [0, 0.05) is 19.2 Å². The maximum absolute atomic E-state index is 14.3. The van der Waals surface area contributed by atoms with Crippen molar-refractivity contribution >= 4 is 50.5 Å². The van der Waals surface area contributed by atoms with Gasteiger partial charge in [0.25, 0.3) is 0 Å². The van der Waals surface area contributed by atoms with E-state index in [9.17, 15) is 12.8 Å². The molecule has 2 N–H and O–H groups in total. The van der Waals surface area contributed by atoms with Crippen LogP contribution in [0, 0.1) is 5.82 Å². The summed E-state index contributed by atoms with van der Waals surface area (Å²) < 4.78 is 37.2. The second-order valence-corrected chi connectivity index (χ2v) is 7.55. The number of thiocarbonyl (C=S) groups is 1. The molecule has 1 aromatic carbocycles. The largest absolute Gasteiger partial charge is 0.367 e. The second-order valence-electron chi connectivity index (χ2n) is 5.06. The molecule has 2 rings (SSSR count). The summed E-state index contributed by atoms with van der Waals surface area (Å²) >= 11 is 4.45. The molecule has 1 heterocycles. The number of hydrogen-bond acceptors (Lipinski definition) is 8. The number of aliphatic imine (C=N–C) groups is 2. The Morgan fingerprint density at radius 1 is 1.42 bits per heavy atom. The van der Waals surface area contributed by atoms with Crippen LogP contribution in [0.2, 0.25) is 0 Å². The zero-order valence-electron chi connectivity index (χ0n) is 12.7. The van der Waals surface area contributed by atoms with E-state index >= 15 is 0 Å². The number of halogens is 1. The summed E-state index contributed by atoms with van der Waals surface area (Å²) in [4.78, 5) is 9.49. The first-order chi connectivity index (χ1) is 11.4. The van der Waals surface area contributed by atoms with E-state index in [1.54, 1.807) is 17.0 Å². The van der Waals surface area contributed by atoms with Crippen LogP contribution in [0.3, 0.4) is 0 Å². The number of anilines is 1. The van der Waals surface area contributed by atoms with E-state index in [4.69, 9.17) is 5.84 Å². The van der Waals surface area contributed by atoms with Crippen molar-refractivity contribution in [3.63, 3.8) is 0 Å². The van der Waals surface area contributed by atoms with Crippen LogP contribution in [0.4, 0.5) is 15.8 Å². The molecule has 0 aromatic heterocycles. The molecule has 1 aliphatic rings. The molecule has 128 valence electrons. The average Bonchev–Trinajstić information content (AvgIpc) is 2.56. The lowest BCUT2D eigenvalue weighted by molar-refractivity contribution is 0.582. The molecule has 24 heavy (non-hydrogen) atoms. The highest BCUT2D eigenvalue weighted by Crippen LogP contribution is 2.25.